The number of aliphatic carboxylic acids is 1. The zero-order chi connectivity index (χ0) is 15.2. The maximum Gasteiger partial charge on any atom is 0.315 e. The number of aliphatic hydroxyl groups is 1. The normalized spacial score (nSPS) is 14.9. The Labute approximate surface area is 117 Å². The van der Waals surface area contributed by atoms with Gasteiger partial charge in [0.1, 0.15) is 0 Å². The molecule has 110 valence electrons. The predicted octanol–water partition coefficient (Wildman–Crippen LogP) is 0.667. The third kappa shape index (κ3) is 5.66. The number of hydrogen-bond acceptors (Lipinski definition) is 4. The molecule has 1 aromatic heterocycles. The van der Waals surface area contributed by atoms with E-state index in [1.165, 1.54) is 6.92 Å². The van der Waals surface area contributed by atoms with Gasteiger partial charge in [-0.2, -0.15) is 0 Å². The van der Waals surface area contributed by atoms with Gasteiger partial charge in [-0.3, -0.25) is 9.78 Å². The van der Waals surface area contributed by atoms with Crippen molar-refractivity contribution in [2.45, 2.75) is 31.9 Å². The summed E-state index contributed by atoms with van der Waals surface area (Å²) in [7, 11) is 0. The molecule has 2 amide bonds. The van der Waals surface area contributed by atoms with Crippen LogP contribution in [-0.4, -0.2) is 39.3 Å². The van der Waals surface area contributed by atoms with Crippen LogP contribution in [0.4, 0.5) is 4.79 Å². The maximum atomic E-state index is 11.7. The number of urea groups is 1. The average molecular weight is 281 g/mol. The lowest BCUT2D eigenvalue weighted by atomic mass is 10.0. The van der Waals surface area contributed by atoms with Crippen molar-refractivity contribution in [3.63, 3.8) is 0 Å². The minimum Gasteiger partial charge on any atom is -0.481 e. The van der Waals surface area contributed by atoms with E-state index < -0.39 is 24.0 Å². The van der Waals surface area contributed by atoms with E-state index in [0.717, 1.165) is 5.56 Å². The van der Waals surface area contributed by atoms with Crippen molar-refractivity contribution in [1.29, 1.82) is 0 Å². The fourth-order valence-corrected chi connectivity index (χ4v) is 1.64. The molecule has 20 heavy (non-hydrogen) atoms. The molecule has 0 aliphatic carbocycles. The first-order valence-electron chi connectivity index (χ1n) is 6.18. The van der Waals surface area contributed by atoms with E-state index in [0.29, 0.717) is 0 Å². The molecule has 0 aliphatic rings. The minimum atomic E-state index is -1.48. The topological polar surface area (TPSA) is 112 Å². The maximum absolute atomic E-state index is 11.7. The summed E-state index contributed by atoms with van der Waals surface area (Å²) in [4.78, 5) is 26.1. The number of carboxylic acid groups (broad SMARTS) is 1. The van der Waals surface area contributed by atoms with Gasteiger partial charge in [-0.25, -0.2) is 4.79 Å². The summed E-state index contributed by atoms with van der Waals surface area (Å²) in [5.41, 5.74) is -0.587. The van der Waals surface area contributed by atoms with Crippen LogP contribution in [0, 0.1) is 0 Å². The van der Waals surface area contributed by atoms with Crippen molar-refractivity contribution >= 4 is 12.0 Å². The standard InChI is InChI=1S/C13H19N3O4/c1-9(10-3-5-14-6-4-10)16-12(19)15-8-13(2,20)7-11(17)18/h3-6,9,20H,7-8H2,1-2H3,(H,17,18)(H2,15,16,19). The molecule has 4 N–H and O–H groups in total. The molecule has 1 heterocycles. The van der Waals surface area contributed by atoms with Crippen LogP contribution in [0.15, 0.2) is 24.5 Å². The summed E-state index contributed by atoms with van der Waals surface area (Å²) >= 11 is 0. The first-order chi connectivity index (χ1) is 9.30. The molecule has 1 aromatic rings. The zero-order valence-corrected chi connectivity index (χ0v) is 11.5. The molecule has 0 fully saturated rings. The van der Waals surface area contributed by atoms with Crippen LogP contribution in [0.2, 0.25) is 0 Å². The number of carbonyl (C=O) groups is 2. The van der Waals surface area contributed by atoms with Crippen molar-refractivity contribution in [2.24, 2.45) is 0 Å². The lowest BCUT2D eigenvalue weighted by Gasteiger charge is -2.22. The zero-order valence-electron chi connectivity index (χ0n) is 11.5. The molecular formula is C13H19N3O4. The van der Waals surface area contributed by atoms with Crippen molar-refractivity contribution in [3.8, 4) is 0 Å². The summed E-state index contributed by atoms with van der Waals surface area (Å²) in [5.74, 6) is -1.12. The number of hydrogen-bond donors (Lipinski definition) is 4. The largest absolute Gasteiger partial charge is 0.481 e. The van der Waals surface area contributed by atoms with Crippen molar-refractivity contribution in [1.82, 2.24) is 15.6 Å². The second-order valence-corrected chi connectivity index (χ2v) is 4.90. The second kappa shape index (κ2) is 6.85. The van der Waals surface area contributed by atoms with E-state index >= 15 is 0 Å². The smallest absolute Gasteiger partial charge is 0.315 e. The van der Waals surface area contributed by atoms with Gasteiger partial charge < -0.3 is 20.8 Å². The van der Waals surface area contributed by atoms with E-state index in [1.807, 2.05) is 6.92 Å². The fraction of sp³-hybridized carbons (Fsp3) is 0.462. The Morgan fingerprint density at radius 2 is 2.00 bits per heavy atom. The Bertz CT molecular complexity index is 462. The fourth-order valence-electron chi connectivity index (χ4n) is 1.64. The molecule has 0 aromatic carbocycles. The van der Waals surface area contributed by atoms with Gasteiger partial charge in [0.2, 0.25) is 0 Å². The highest BCUT2D eigenvalue weighted by molar-refractivity contribution is 5.74. The van der Waals surface area contributed by atoms with Gasteiger partial charge in [0.15, 0.2) is 0 Å². The van der Waals surface area contributed by atoms with Gasteiger partial charge in [0, 0.05) is 18.9 Å². The number of nitrogens with zero attached hydrogens (tertiary/aromatic N) is 1. The number of rotatable bonds is 6. The molecule has 2 atom stereocenters. The highest BCUT2D eigenvalue weighted by atomic mass is 16.4. The molecule has 7 heteroatoms. The predicted molar refractivity (Wildman–Crippen MR) is 72.1 cm³/mol. The van der Waals surface area contributed by atoms with Gasteiger partial charge in [-0.1, -0.05) is 0 Å². The lowest BCUT2D eigenvalue weighted by molar-refractivity contribution is -0.141. The highest BCUT2D eigenvalue weighted by Crippen LogP contribution is 2.10. The van der Waals surface area contributed by atoms with Gasteiger partial charge in [0.05, 0.1) is 18.1 Å². The van der Waals surface area contributed by atoms with E-state index in [9.17, 15) is 14.7 Å². The molecule has 0 saturated carbocycles. The molecule has 0 spiro atoms. The number of carbonyl (C=O) groups excluding carboxylic acids is 1. The number of amides is 2. The Balaban J connectivity index is 2.42. The Hall–Kier alpha value is -2.15. The number of pyridine rings is 1. The molecule has 0 saturated heterocycles. The molecule has 1 rings (SSSR count). The van der Waals surface area contributed by atoms with Gasteiger partial charge in [0.25, 0.3) is 0 Å². The van der Waals surface area contributed by atoms with Crippen LogP contribution in [0.1, 0.15) is 31.9 Å². The molecule has 2 unspecified atom stereocenters. The van der Waals surface area contributed by atoms with Crippen LogP contribution in [0.3, 0.4) is 0 Å². The summed E-state index contributed by atoms with van der Waals surface area (Å²) in [6.45, 7) is 3.02. The van der Waals surface area contributed by atoms with Crippen LogP contribution >= 0.6 is 0 Å². The second-order valence-electron chi connectivity index (χ2n) is 4.90. The summed E-state index contributed by atoms with van der Waals surface area (Å²) in [5, 5.41) is 23.5. The number of aromatic nitrogens is 1. The van der Waals surface area contributed by atoms with Crippen molar-refractivity contribution in [3.05, 3.63) is 30.1 Å². The molecule has 0 radical (unpaired) electrons. The monoisotopic (exact) mass is 281 g/mol. The Morgan fingerprint density at radius 1 is 1.40 bits per heavy atom. The lowest BCUT2D eigenvalue weighted by Crippen LogP contribution is -2.46. The Morgan fingerprint density at radius 3 is 2.55 bits per heavy atom. The van der Waals surface area contributed by atoms with Crippen molar-refractivity contribution in [2.75, 3.05) is 6.54 Å². The molecular weight excluding hydrogens is 262 g/mol. The van der Waals surface area contributed by atoms with Crippen LogP contribution < -0.4 is 10.6 Å². The van der Waals surface area contributed by atoms with Crippen molar-refractivity contribution < 1.29 is 19.8 Å². The summed E-state index contributed by atoms with van der Waals surface area (Å²) < 4.78 is 0. The van der Waals surface area contributed by atoms with E-state index in [-0.39, 0.29) is 12.6 Å². The van der Waals surface area contributed by atoms with Crippen LogP contribution in [0.5, 0.6) is 0 Å². The first-order valence-corrected chi connectivity index (χ1v) is 6.18. The minimum absolute atomic E-state index is 0.145. The summed E-state index contributed by atoms with van der Waals surface area (Å²) in [6.07, 6.45) is 2.82. The van der Waals surface area contributed by atoms with Gasteiger partial charge >= 0.3 is 12.0 Å². The SMILES string of the molecule is CC(NC(=O)NCC(C)(O)CC(=O)O)c1ccncc1. The molecule has 0 aliphatic heterocycles. The van der Waals surface area contributed by atoms with Gasteiger partial charge in [-0.05, 0) is 31.5 Å². The summed E-state index contributed by atoms with van der Waals surface area (Å²) in [6, 6.07) is 2.87. The highest BCUT2D eigenvalue weighted by Gasteiger charge is 2.25. The van der Waals surface area contributed by atoms with E-state index in [4.69, 9.17) is 5.11 Å². The van der Waals surface area contributed by atoms with E-state index in [1.54, 1.807) is 24.5 Å². The molecule has 0 bridgehead atoms. The molecule has 7 nitrogen and oxygen atoms in total. The number of nitrogens with one attached hydrogen (secondary N) is 2. The Kier molecular flexibility index (Phi) is 5.45. The van der Waals surface area contributed by atoms with Crippen LogP contribution in [0.25, 0.3) is 0 Å². The van der Waals surface area contributed by atoms with Crippen LogP contribution in [-0.2, 0) is 4.79 Å². The third-order valence-electron chi connectivity index (χ3n) is 2.72. The number of carboxylic acids is 1. The first kappa shape index (κ1) is 15.9. The third-order valence-corrected chi connectivity index (χ3v) is 2.72. The van der Waals surface area contributed by atoms with E-state index in [2.05, 4.69) is 15.6 Å². The quantitative estimate of drug-likeness (QED) is 0.612. The van der Waals surface area contributed by atoms with Gasteiger partial charge in [-0.15, -0.1) is 0 Å². The average Bonchev–Trinajstić information content (AvgIpc) is 2.36.